The second-order valence-corrected chi connectivity index (χ2v) is 6.51. The first-order chi connectivity index (χ1) is 8.61. The predicted octanol–water partition coefficient (Wildman–Crippen LogP) is 3.41. The van der Waals surface area contributed by atoms with Crippen LogP contribution in [0, 0.1) is 0 Å². The van der Waals surface area contributed by atoms with E-state index in [9.17, 15) is 0 Å². The van der Waals surface area contributed by atoms with Gasteiger partial charge in [-0.2, -0.15) is 11.8 Å². The highest BCUT2D eigenvalue weighted by Crippen LogP contribution is 2.29. The molecule has 0 aromatic heterocycles. The molecule has 0 fully saturated rings. The molecule has 1 aliphatic heterocycles. The second-order valence-electron chi connectivity index (χ2n) is 5.53. The fraction of sp³-hybridized carbons (Fsp3) is 0.600. The molecule has 18 heavy (non-hydrogen) atoms. The zero-order valence-electron chi connectivity index (χ0n) is 11.6. The standard InChI is InChI=1S/C15H23NOS/c1-15(2)12-16(9-6-10-18-3)11-13-7-4-5-8-14(13)17-15/h4-5,7-8H,6,9-12H2,1-3H3. The molecule has 0 N–H and O–H groups in total. The molecule has 1 aromatic rings. The molecule has 0 aliphatic carbocycles. The third-order valence-electron chi connectivity index (χ3n) is 3.18. The van der Waals surface area contributed by atoms with Crippen molar-refractivity contribution in [1.82, 2.24) is 4.90 Å². The molecular weight excluding hydrogens is 242 g/mol. The highest BCUT2D eigenvalue weighted by atomic mass is 32.2. The topological polar surface area (TPSA) is 12.5 Å². The lowest BCUT2D eigenvalue weighted by atomic mass is 10.1. The monoisotopic (exact) mass is 265 g/mol. The third-order valence-corrected chi connectivity index (χ3v) is 3.88. The Balaban J connectivity index is 2.10. The van der Waals surface area contributed by atoms with Gasteiger partial charge in [-0.3, -0.25) is 4.90 Å². The van der Waals surface area contributed by atoms with E-state index < -0.39 is 0 Å². The van der Waals surface area contributed by atoms with Crippen LogP contribution in [0.5, 0.6) is 5.75 Å². The van der Waals surface area contributed by atoms with E-state index in [0.29, 0.717) is 0 Å². The van der Waals surface area contributed by atoms with Gasteiger partial charge in [0.25, 0.3) is 0 Å². The normalized spacial score (nSPS) is 18.8. The molecule has 0 bridgehead atoms. The van der Waals surface area contributed by atoms with Crippen LogP contribution in [0.25, 0.3) is 0 Å². The summed E-state index contributed by atoms with van der Waals surface area (Å²) in [7, 11) is 0. The highest BCUT2D eigenvalue weighted by Gasteiger charge is 2.28. The lowest BCUT2D eigenvalue weighted by molar-refractivity contribution is 0.0713. The van der Waals surface area contributed by atoms with Crippen molar-refractivity contribution in [3.05, 3.63) is 29.8 Å². The van der Waals surface area contributed by atoms with Gasteiger partial charge in [-0.05, 0) is 44.9 Å². The van der Waals surface area contributed by atoms with Crippen LogP contribution in [0.1, 0.15) is 25.8 Å². The average Bonchev–Trinajstić information content (AvgIpc) is 2.43. The minimum Gasteiger partial charge on any atom is -0.486 e. The van der Waals surface area contributed by atoms with E-state index in [4.69, 9.17) is 4.74 Å². The SMILES string of the molecule is CSCCCN1Cc2ccccc2OC(C)(C)C1. The molecule has 3 heteroatoms. The largest absolute Gasteiger partial charge is 0.486 e. The van der Waals surface area contributed by atoms with Gasteiger partial charge in [-0.15, -0.1) is 0 Å². The van der Waals surface area contributed by atoms with E-state index in [2.05, 4.69) is 49.3 Å². The van der Waals surface area contributed by atoms with Gasteiger partial charge in [0.15, 0.2) is 0 Å². The van der Waals surface area contributed by atoms with Crippen LogP contribution in [-0.2, 0) is 6.54 Å². The van der Waals surface area contributed by atoms with Crippen LogP contribution in [0.4, 0.5) is 0 Å². The van der Waals surface area contributed by atoms with Crippen molar-refractivity contribution in [2.24, 2.45) is 0 Å². The Bertz CT molecular complexity index is 392. The minimum absolute atomic E-state index is 0.105. The zero-order valence-corrected chi connectivity index (χ0v) is 12.4. The van der Waals surface area contributed by atoms with Crippen LogP contribution in [0.3, 0.4) is 0 Å². The van der Waals surface area contributed by atoms with Gasteiger partial charge in [0.05, 0.1) is 0 Å². The summed E-state index contributed by atoms with van der Waals surface area (Å²) in [6.07, 6.45) is 3.42. The molecule has 0 saturated carbocycles. The number of thioether (sulfide) groups is 1. The molecule has 1 heterocycles. The molecular formula is C15H23NOS. The molecule has 0 radical (unpaired) electrons. The summed E-state index contributed by atoms with van der Waals surface area (Å²) >= 11 is 1.92. The van der Waals surface area contributed by atoms with Crippen LogP contribution in [-0.4, -0.2) is 35.6 Å². The Morgan fingerprint density at radius 3 is 2.89 bits per heavy atom. The first kappa shape index (κ1) is 13.8. The molecule has 2 nitrogen and oxygen atoms in total. The van der Waals surface area contributed by atoms with E-state index in [-0.39, 0.29) is 5.60 Å². The van der Waals surface area contributed by atoms with Crippen LogP contribution >= 0.6 is 11.8 Å². The minimum atomic E-state index is -0.105. The maximum atomic E-state index is 6.13. The van der Waals surface area contributed by atoms with Gasteiger partial charge in [-0.25, -0.2) is 0 Å². The molecule has 0 amide bonds. The lowest BCUT2D eigenvalue weighted by Gasteiger charge is -2.29. The second kappa shape index (κ2) is 5.98. The quantitative estimate of drug-likeness (QED) is 0.774. The van der Waals surface area contributed by atoms with E-state index in [1.165, 1.54) is 17.7 Å². The van der Waals surface area contributed by atoms with Gasteiger partial charge < -0.3 is 4.74 Å². The summed E-state index contributed by atoms with van der Waals surface area (Å²) < 4.78 is 6.13. The molecule has 0 saturated heterocycles. The fourth-order valence-electron chi connectivity index (χ4n) is 2.49. The van der Waals surface area contributed by atoms with Crippen molar-refractivity contribution >= 4 is 11.8 Å². The average molecular weight is 265 g/mol. The molecule has 2 rings (SSSR count). The predicted molar refractivity (Wildman–Crippen MR) is 79.4 cm³/mol. The van der Waals surface area contributed by atoms with Crippen molar-refractivity contribution in [2.75, 3.05) is 25.1 Å². The Morgan fingerprint density at radius 1 is 1.33 bits per heavy atom. The molecule has 1 aromatic carbocycles. The molecule has 0 unspecified atom stereocenters. The highest BCUT2D eigenvalue weighted by molar-refractivity contribution is 7.98. The maximum absolute atomic E-state index is 6.13. The van der Waals surface area contributed by atoms with Crippen LogP contribution < -0.4 is 4.74 Å². The number of rotatable bonds is 4. The Labute approximate surface area is 115 Å². The van der Waals surface area contributed by atoms with Gasteiger partial charge in [0.1, 0.15) is 11.4 Å². The van der Waals surface area contributed by atoms with Crippen molar-refractivity contribution in [3.8, 4) is 5.75 Å². The summed E-state index contributed by atoms with van der Waals surface area (Å²) in [6.45, 7) is 7.51. The molecule has 100 valence electrons. The van der Waals surface area contributed by atoms with Crippen molar-refractivity contribution in [2.45, 2.75) is 32.4 Å². The summed E-state index contributed by atoms with van der Waals surface area (Å²) in [5.41, 5.74) is 1.21. The van der Waals surface area contributed by atoms with Gasteiger partial charge >= 0.3 is 0 Å². The Kier molecular flexibility index (Phi) is 4.57. The summed E-state index contributed by atoms with van der Waals surface area (Å²) in [6, 6.07) is 8.42. The summed E-state index contributed by atoms with van der Waals surface area (Å²) in [4.78, 5) is 2.52. The van der Waals surface area contributed by atoms with Crippen molar-refractivity contribution in [1.29, 1.82) is 0 Å². The van der Waals surface area contributed by atoms with Gasteiger partial charge in [-0.1, -0.05) is 18.2 Å². The number of para-hydroxylation sites is 1. The van der Waals surface area contributed by atoms with E-state index >= 15 is 0 Å². The van der Waals surface area contributed by atoms with Crippen LogP contribution in [0.2, 0.25) is 0 Å². The molecule has 1 aliphatic rings. The first-order valence-electron chi connectivity index (χ1n) is 6.59. The number of benzene rings is 1. The summed E-state index contributed by atoms with van der Waals surface area (Å²) in [5, 5.41) is 0. The Morgan fingerprint density at radius 2 is 2.11 bits per heavy atom. The van der Waals surface area contributed by atoms with E-state index in [1.807, 2.05) is 11.8 Å². The number of hydrogen-bond acceptors (Lipinski definition) is 3. The molecule has 0 atom stereocenters. The van der Waals surface area contributed by atoms with Crippen LogP contribution in [0.15, 0.2) is 24.3 Å². The number of hydrogen-bond donors (Lipinski definition) is 0. The Hall–Kier alpha value is -0.670. The number of ether oxygens (including phenoxy) is 1. The lowest BCUT2D eigenvalue weighted by Crippen LogP contribution is -2.41. The van der Waals surface area contributed by atoms with E-state index in [1.54, 1.807) is 0 Å². The smallest absolute Gasteiger partial charge is 0.124 e. The number of nitrogens with zero attached hydrogens (tertiary/aromatic N) is 1. The van der Waals surface area contributed by atoms with Gasteiger partial charge in [0, 0.05) is 18.7 Å². The maximum Gasteiger partial charge on any atom is 0.124 e. The van der Waals surface area contributed by atoms with Crippen molar-refractivity contribution in [3.63, 3.8) is 0 Å². The molecule has 0 spiro atoms. The van der Waals surface area contributed by atoms with Crippen molar-refractivity contribution < 1.29 is 4.74 Å². The van der Waals surface area contributed by atoms with Gasteiger partial charge in [0.2, 0.25) is 0 Å². The first-order valence-corrected chi connectivity index (χ1v) is 7.98. The zero-order chi connectivity index (χ0) is 13.0. The summed E-state index contributed by atoms with van der Waals surface area (Å²) in [5.74, 6) is 2.29. The van der Waals surface area contributed by atoms with E-state index in [0.717, 1.165) is 25.4 Å². The third kappa shape index (κ3) is 3.66. The number of fused-ring (bicyclic) bond motifs is 1. The fourth-order valence-corrected chi connectivity index (χ4v) is 2.91.